The van der Waals surface area contributed by atoms with Crippen molar-refractivity contribution in [1.82, 2.24) is 19.7 Å². The Morgan fingerprint density at radius 1 is 1.21 bits per heavy atom. The third-order valence-corrected chi connectivity index (χ3v) is 7.66. The first kappa shape index (κ1) is 25.3. The number of aliphatic hydroxyl groups excluding tert-OH is 2. The fraction of sp³-hybridized carbons (Fsp3) is 0.345. The lowest BCUT2D eigenvalue weighted by molar-refractivity contribution is 0.165. The topological polar surface area (TPSA) is 111 Å². The lowest BCUT2D eigenvalue weighted by Gasteiger charge is -2.34. The molecule has 202 valence electrons. The summed E-state index contributed by atoms with van der Waals surface area (Å²) in [4.78, 5) is 11.5. The van der Waals surface area contributed by atoms with Gasteiger partial charge in [0.1, 0.15) is 5.82 Å². The number of hydrogen-bond acceptors (Lipinski definition) is 8. The number of nitrogens with one attached hydrogen (secondary N) is 2. The van der Waals surface area contributed by atoms with Gasteiger partial charge in [-0.2, -0.15) is 10.1 Å². The average molecular weight is 530 g/mol. The van der Waals surface area contributed by atoms with Gasteiger partial charge in [-0.25, -0.2) is 9.37 Å². The molecule has 2 aromatic heterocycles. The molecule has 39 heavy (non-hydrogen) atoms. The second-order valence-corrected chi connectivity index (χ2v) is 10.3. The van der Waals surface area contributed by atoms with E-state index in [-0.39, 0.29) is 30.2 Å². The van der Waals surface area contributed by atoms with Crippen molar-refractivity contribution in [1.29, 1.82) is 0 Å². The molecule has 0 unspecified atom stereocenters. The number of fused-ring (bicyclic) bond motifs is 2. The quantitative estimate of drug-likeness (QED) is 0.252. The van der Waals surface area contributed by atoms with Crippen LogP contribution in [0.5, 0.6) is 0 Å². The number of hydrogen-bond donors (Lipinski definition) is 4. The summed E-state index contributed by atoms with van der Waals surface area (Å²) in [6, 6.07) is 10.8. The Balaban J connectivity index is 1.36. The fourth-order valence-electron chi connectivity index (χ4n) is 5.68. The molecule has 0 bridgehead atoms. The maximum absolute atomic E-state index is 15.0. The molecule has 2 aliphatic rings. The zero-order valence-corrected chi connectivity index (χ0v) is 21.6. The molecular formula is C29H32FN7O2. The van der Waals surface area contributed by atoms with Crippen LogP contribution in [-0.2, 0) is 13.0 Å². The number of rotatable bonds is 8. The highest BCUT2D eigenvalue weighted by molar-refractivity contribution is 5.83. The van der Waals surface area contributed by atoms with Crippen LogP contribution in [0, 0.1) is 11.7 Å². The molecule has 0 saturated carbocycles. The zero-order chi connectivity index (χ0) is 26.9. The molecule has 1 aliphatic carbocycles. The number of aliphatic hydroxyl groups is 2. The molecular weight excluding hydrogens is 497 g/mol. The Kier molecular flexibility index (Phi) is 6.88. The Labute approximate surface area is 226 Å². The number of piperidine rings is 1. The largest absolute Gasteiger partial charge is 0.396 e. The molecule has 6 rings (SSSR count). The van der Waals surface area contributed by atoms with Gasteiger partial charge in [0.05, 0.1) is 48.0 Å². The van der Waals surface area contributed by atoms with Crippen molar-refractivity contribution in [2.24, 2.45) is 5.92 Å². The van der Waals surface area contributed by atoms with E-state index in [0.29, 0.717) is 30.7 Å². The standard InChI is InChI=1S/C29H32FN7O2/c1-2-9-37-24-13-23(22(30)11-20(24)14-32-37)33-29-31-15-25(36-10-5-6-18(16-36)17-38)28(35-29)34-27-21-8-4-3-7-19(21)12-26(27)39/h2-4,7-8,11,13-15,18,26-27,38-39H,1,5-6,9-10,12,16-17H2,(H2,31,33,34,35)/t18-,26+,27-/m0/s1. The summed E-state index contributed by atoms with van der Waals surface area (Å²) in [7, 11) is 0. The van der Waals surface area contributed by atoms with Gasteiger partial charge < -0.3 is 25.7 Å². The van der Waals surface area contributed by atoms with E-state index >= 15 is 4.39 Å². The highest BCUT2D eigenvalue weighted by atomic mass is 19.1. The van der Waals surface area contributed by atoms with Crippen LogP contribution in [0.4, 0.5) is 27.5 Å². The van der Waals surface area contributed by atoms with Gasteiger partial charge in [0.15, 0.2) is 5.82 Å². The van der Waals surface area contributed by atoms with Crippen LogP contribution in [0.1, 0.15) is 30.0 Å². The van der Waals surface area contributed by atoms with Crippen LogP contribution >= 0.6 is 0 Å². The molecule has 3 atom stereocenters. The number of aromatic nitrogens is 4. The van der Waals surface area contributed by atoms with Crippen LogP contribution in [0.3, 0.4) is 0 Å². The predicted octanol–water partition coefficient (Wildman–Crippen LogP) is 4.17. The van der Waals surface area contributed by atoms with Crippen molar-refractivity contribution >= 4 is 34.0 Å². The molecule has 4 N–H and O–H groups in total. The Morgan fingerprint density at radius 3 is 2.92 bits per heavy atom. The number of halogens is 1. The van der Waals surface area contributed by atoms with Gasteiger partial charge in [0.2, 0.25) is 5.95 Å². The first-order valence-electron chi connectivity index (χ1n) is 13.3. The summed E-state index contributed by atoms with van der Waals surface area (Å²) in [6.07, 6.45) is 6.95. The Hall–Kier alpha value is -4.02. The second kappa shape index (κ2) is 10.6. The van der Waals surface area contributed by atoms with Gasteiger partial charge in [-0.05, 0) is 42.0 Å². The highest BCUT2D eigenvalue weighted by Gasteiger charge is 2.32. The maximum Gasteiger partial charge on any atom is 0.229 e. The average Bonchev–Trinajstić information content (AvgIpc) is 3.48. The summed E-state index contributed by atoms with van der Waals surface area (Å²) >= 11 is 0. The first-order chi connectivity index (χ1) is 19.0. The molecule has 0 amide bonds. The highest BCUT2D eigenvalue weighted by Crippen LogP contribution is 2.37. The first-order valence-corrected chi connectivity index (χ1v) is 13.3. The minimum absolute atomic E-state index is 0.124. The lowest BCUT2D eigenvalue weighted by atomic mass is 9.98. The third kappa shape index (κ3) is 4.93. The molecule has 1 saturated heterocycles. The summed E-state index contributed by atoms with van der Waals surface area (Å²) < 4.78 is 16.8. The number of allylic oxidation sites excluding steroid dienone is 1. The smallest absolute Gasteiger partial charge is 0.229 e. The molecule has 4 aromatic rings. The summed E-state index contributed by atoms with van der Waals surface area (Å²) in [5.41, 5.74) is 3.92. The van der Waals surface area contributed by atoms with Crippen molar-refractivity contribution in [2.75, 3.05) is 35.2 Å². The van der Waals surface area contributed by atoms with Crippen molar-refractivity contribution < 1.29 is 14.6 Å². The number of benzene rings is 2. The summed E-state index contributed by atoms with van der Waals surface area (Å²) in [5.74, 6) is 0.504. The summed E-state index contributed by atoms with van der Waals surface area (Å²) in [6.45, 7) is 5.89. The second-order valence-electron chi connectivity index (χ2n) is 10.3. The molecule has 1 aliphatic heterocycles. The number of anilines is 4. The molecule has 3 heterocycles. The predicted molar refractivity (Wildman–Crippen MR) is 150 cm³/mol. The molecule has 2 aromatic carbocycles. The molecule has 10 heteroatoms. The van der Waals surface area contributed by atoms with E-state index < -0.39 is 11.9 Å². The van der Waals surface area contributed by atoms with Crippen LogP contribution in [0.25, 0.3) is 10.9 Å². The number of nitrogens with zero attached hydrogens (tertiary/aromatic N) is 5. The minimum Gasteiger partial charge on any atom is -0.396 e. The molecule has 9 nitrogen and oxygen atoms in total. The van der Waals surface area contributed by atoms with Gasteiger partial charge in [-0.3, -0.25) is 4.68 Å². The van der Waals surface area contributed by atoms with E-state index in [1.54, 1.807) is 29.2 Å². The van der Waals surface area contributed by atoms with Crippen molar-refractivity contribution in [3.63, 3.8) is 0 Å². The summed E-state index contributed by atoms with van der Waals surface area (Å²) in [5, 5.41) is 32.2. The van der Waals surface area contributed by atoms with Gasteiger partial charge in [-0.15, -0.1) is 6.58 Å². The van der Waals surface area contributed by atoms with Crippen molar-refractivity contribution in [3.8, 4) is 0 Å². The molecule has 1 fully saturated rings. The lowest BCUT2D eigenvalue weighted by Crippen LogP contribution is -2.37. The van der Waals surface area contributed by atoms with E-state index in [2.05, 4.69) is 32.2 Å². The monoisotopic (exact) mass is 529 g/mol. The Bertz CT molecular complexity index is 1510. The molecule has 0 spiro atoms. The van der Waals surface area contributed by atoms with Crippen molar-refractivity contribution in [2.45, 2.75) is 38.0 Å². The van der Waals surface area contributed by atoms with Crippen LogP contribution in [0.2, 0.25) is 0 Å². The normalized spacial score (nSPS) is 20.7. The minimum atomic E-state index is -0.613. The van der Waals surface area contributed by atoms with E-state index in [9.17, 15) is 10.2 Å². The Morgan fingerprint density at radius 2 is 2.08 bits per heavy atom. The van der Waals surface area contributed by atoms with Gasteiger partial charge in [-0.1, -0.05) is 30.3 Å². The van der Waals surface area contributed by atoms with E-state index in [4.69, 9.17) is 4.98 Å². The van der Waals surface area contributed by atoms with Gasteiger partial charge in [0, 0.05) is 31.5 Å². The third-order valence-electron chi connectivity index (χ3n) is 7.66. The van der Waals surface area contributed by atoms with E-state index in [0.717, 1.165) is 41.7 Å². The van der Waals surface area contributed by atoms with E-state index in [1.807, 2.05) is 24.3 Å². The van der Waals surface area contributed by atoms with Gasteiger partial charge >= 0.3 is 0 Å². The van der Waals surface area contributed by atoms with E-state index in [1.165, 1.54) is 6.07 Å². The van der Waals surface area contributed by atoms with Gasteiger partial charge in [0.25, 0.3) is 0 Å². The van der Waals surface area contributed by atoms with Crippen LogP contribution in [-0.4, -0.2) is 55.8 Å². The zero-order valence-electron chi connectivity index (χ0n) is 21.6. The molecule has 0 radical (unpaired) electrons. The SMILES string of the molecule is C=CCn1ncc2cc(F)c(Nc3ncc(N4CCC[C@H](CO)C4)c(N[C@H]4c5ccccc5C[C@H]4O)n3)cc21. The van der Waals surface area contributed by atoms with Crippen LogP contribution < -0.4 is 15.5 Å². The maximum atomic E-state index is 15.0. The fourth-order valence-corrected chi connectivity index (χ4v) is 5.68. The van der Waals surface area contributed by atoms with Crippen molar-refractivity contribution in [3.05, 3.63) is 78.4 Å². The van der Waals surface area contributed by atoms with Crippen LogP contribution in [0.15, 0.2) is 61.4 Å².